The normalized spacial score (nSPS) is 11.6. The number of hydrogen-bond donors (Lipinski definition) is 4. The number of benzene rings is 5. The number of esters is 1. The first-order chi connectivity index (χ1) is 28.5. The zero-order valence-corrected chi connectivity index (χ0v) is 34.7. The van der Waals surface area contributed by atoms with Crippen LogP contribution in [-0.4, -0.2) is 36.2 Å². The highest BCUT2D eigenvalue weighted by atomic mass is 35.5. The number of thioether (sulfide) groups is 1. The maximum absolute atomic E-state index is 14.3. The van der Waals surface area contributed by atoms with E-state index in [0.29, 0.717) is 38.5 Å². The molecular formula is C45H36Cl2N4O6S2. The van der Waals surface area contributed by atoms with Crippen LogP contribution in [0.5, 0.6) is 0 Å². The molecule has 10 nitrogen and oxygen atoms in total. The first-order valence-electron chi connectivity index (χ1n) is 18.1. The van der Waals surface area contributed by atoms with Crippen LogP contribution in [0.1, 0.15) is 59.3 Å². The lowest BCUT2D eigenvalue weighted by atomic mass is 10.1. The molecule has 0 radical (unpaired) electrons. The van der Waals surface area contributed by atoms with Gasteiger partial charge in [-0.05, 0) is 85.1 Å². The van der Waals surface area contributed by atoms with E-state index < -0.39 is 34.8 Å². The Labute approximate surface area is 359 Å². The second kappa shape index (κ2) is 20.0. The van der Waals surface area contributed by atoms with Crippen LogP contribution in [0.4, 0.5) is 16.4 Å². The lowest BCUT2D eigenvalue weighted by molar-refractivity contribution is -0.116. The number of para-hydroxylation sites is 1. The quantitative estimate of drug-likeness (QED) is 0.0485. The first kappa shape index (κ1) is 42.4. The van der Waals surface area contributed by atoms with E-state index in [9.17, 15) is 24.0 Å². The van der Waals surface area contributed by atoms with Crippen LogP contribution in [-0.2, 0) is 14.3 Å². The van der Waals surface area contributed by atoms with Crippen LogP contribution < -0.4 is 21.3 Å². The summed E-state index contributed by atoms with van der Waals surface area (Å²) >= 11 is 14.9. The topological polar surface area (TPSA) is 143 Å². The fourth-order valence-electron chi connectivity index (χ4n) is 5.77. The largest absolute Gasteiger partial charge is 0.462 e. The molecule has 0 aliphatic carbocycles. The van der Waals surface area contributed by atoms with Crippen molar-refractivity contribution in [2.45, 2.75) is 24.0 Å². The summed E-state index contributed by atoms with van der Waals surface area (Å²) < 4.78 is 5.34. The Hall–Kier alpha value is -6.18. The summed E-state index contributed by atoms with van der Waals surface area (Å²) in [6, 6.07) is 38.2. The van der Waals surface area contributed by atoms with E-state index in [1.165, 1.54) is 17.8 Å². The Morgan fingerprint density at radius 1 is 0.746 bits per heavy atom. The summed E-state index contributed by atoms with van der Waals surface area (Å²) in [5, 5.41) is 11.1. The molecule has 1 heterocycles. The van der Waals surface area contributed by atoms with Gasteiger partial charge in [0.15, 0.2) is 0 Å². The van der Waals surface area contributed by atoms with Crippen LogP contribution in [0.3, 0.4) is 0 Å². The molecule has 298 valence electrons. The van der Waals surface area contributed by atoms with Gasteiger partial charge < -0.3 is 26.0 Å². The molecule has 0 fully saturated rings. The van der Waals surface area contributed by atoms with Gasteiger partial charge in [0.2, 0.25) is 5.91 Å². The third-order valence-corrected chi connectivity index (χ3v) is 11.9. The minimum absolute atomic E-state index is 0.0900. The van der Waals surface area contributed by atoms with Crippen LogP contribution in [0, 0.1) is 6.92 Å². The van der Waals surface area contributed by atoms with E-state index in [0.717, 1.165) is 11.3 Å². The molecule has 0 aliphatic heterocycles. The molecular weight excluding hydrogens is 828 g/mol. The van der Waals surface area contributed by atoms with Gasteiger partial charge in [0.05, 0.1) is 27.1 Å². The van der Waals surface area contributed by atoms with Crippen molar-refractivity contribution in [3.8, 4) is 0 Å². The van der Waals surface area contributed by atoms with E-state index >= 15 is 0 Å². The van der Waals surface area contributed by atoms with Crippen LogP contribution in [0.2, 0.25) is 10.0 Å². The summed E-state index contributed by atoms with van der Waals surface area (Å²) in [5.74, 6) is -2.73. The van der Waals surface area contributed by atoms with Crippen molar-refractivity contribution >= 4 is 98.4 Å². The monoisotopic (exact) mass is 862 g/mol. The van der Waals surface area contributed by atoms with Crippen LogP contribution >= 0.6 is 46.3 Å². The molecule has 0 saturated carbocycles. The van der Waals surface area contributed by atoms with E-state index in [1.807, 2.05) is 24.3 Å². The Kier molecular flexibility index (Phi) is 14.4. The maximum Gasteiger partial charge on any atom is 0.341 e. The molecule has 0 saturated heterocycles. The van der Waals surface area contributed by atoms with Gasteiger partial charge in [-0.2, -0.15) is 0 Å². The van der Waals surface area contributed by atoms with Crippen LogP contribution in [0.25, 0.3) is 6.08 Å². The average Bonchev–Trinajstić information content (AvgIpc) is 3.57. The molecule has 0 spiro atoms. The van der Waals surface area contributed by atoms with Crippen molar-refractivity contribution in [2.24, 2.45) is 0 Å². The summed E-state index contributed by atoms with van der Waals surface area (Å²) in [5.41, 5.74) is 2.72. The van der Waals surface area contributed by atoms with Gasteiger partial charge in [-0.3, -0.25) is 19.2 Å². The van der Waals surface area contributed by atoms with E-state index in [2.05, 4.69) is 21.3 Å². The van der Waals surface area contributed by atoms with Gasteiger partial charge in [-0.1, -0.05) is 108 Å². The van der Waals surface area contributed by atoms with Crippen molar-refractivity contribution in [1.82, 2.24) is 5.32 Å². The third-order valence-electron chi connectivity index (χ3n) is 8.60. The highest BCUT2D eigenvalue weighted by Crippen LogP contribution is 2.40. The molecule has 0 aliphatic rings. The molecule has 6 aromatic rings. The third kappa shape index (κ3) is 10.9. The fourth-order valence-corrected chi connectivity index (χ4v) is 8.31. The number of carbonyl (C=O) groups is 5. The molecule has 4 N–H and O–H groups in total. The van der Waals surface area contributed by atoms with Crippen LogP contribution in [0.15, 0.2) is 144 Å². The molecule has 1 atom stereocenters. The van der Waals surface area contributed by atoms with Gasteiger partial charge >= 0.3 is 5.97 Å². The number of nitrogens with one attached hydrogen (secondary N) is 4. The molecule has 1 aromatic heterocycles. The van der Waals surface area contributed by atoms with Gasteiger partial charge in [-0.15, -0.1) is 23.1 Å². The zero-order chi connectivity index (χ0) is 41.9. The van der Waals surface area contributed by atoms with Crippen molar-refractivity contribution in [3.05, 3.63) is 182 Å². The number of ether oxygens (including phenoxy) is 1. The second-order valence-corrected chi connectivity index (χ2v) is 15.7. The van der Waals surface area contributed by atoms with Gasteiger partial charge in [-0.25, -0.2) is 4.79 Å². The lowest BCUT2D eigenvalue weighted by Gasteiger charge is -2.18. The molecule has 14 heteroatoms. The van der Waals surface area contributed by atoms with Crippen molar-refractivity contribution in [2.75, 3.05) is 22.6 Å². The molecule has 0 bridgehead atoms. The molecule has 1 unspecified atom stereocenters. The number of anilines is 3. The standard InChI is InChI=1S/C45H36Cl2N4O6S2/c1-3-57-45(56)36-27(2)38(42(54)48-31-20-11-6-12-21-31)59-44(36)51-43(55)39(28-15-7-4-8-16-28)58-33-23-14-22-32(26-33)49-41(53)35(25-30-19-13-24-34(46)37(30)47)50-40(52)29-17-9-5-10-18-29/h4-26,39H,3H2,1-2H3,(H,48,54)(H,49,53)(H,50,52)(H,51,55)/b35-25+. The number of rotatable bonds is 14. The first-order valence-corrected chi connectivity index (χ1v) is 20.6. The van der Waals surface area contributed by atoms with E-state index in [-0.39, 0.29) is 37.8 Å². The van der Waals surface area contributed by atoms with Crippen molar-refractivity contribution < 1.29 is 28.7 Å². The molecule has 6 rings (SSSR count). The Morgan fingerprint density at radius 3 is 2.08 bits per heavy atom. The Bertz CT molecular complexity index is 2530. The number of carbonyl (C=O) groups excluding carboxylic acids is 5. The summed E-state index contributed by atoms with van der Waals surface area (Å²) in [7, 11) is 0. The molecule has 59 heavy (non-hydrogen) atoms. The predicted molar refractivity (Wildman–Crippen MR) is 236 cm³/mol. The van der Waals surface area contributed by atoms with Crippen molar-refractivity contribution in [3.63, 3.8) is 0 Å². The lowest BCUT2D eigenvalue weighted by Crippen LogP contribution is -2.30. The number of hydrogen-bond acceptors (Lipinski definition) is 8. The highest BCUT2D eigenvalue weighted by Gasteiger charge is 2.30. The number of amides is 4. The molecule has 4 amide bonds. The summed E-state index contributed by atoms with van der Waals surface area (Å²) in [6.07, 6.45) is 1.44. The van der Waals surface area contributed by atoms with Gasteiger partial charge in [0.1, 0.15) is 15.9 Å². The Balaban J connectivity index is 1.27. The van der Waals surface area contributed by atoms with Crippen molar-refractivity contribution in [1.29, 1.82) is 0 Å². The predicted octanol–water partition coefficient (Wildman–Crippen LogP) is 10.7. The highest BCUT2D eigenvalue weighted by molar-refractivity contribution is 8.00. The minimum Gasteiger partial charge on any atom is -0.462 e. The average molecular weight is 864 g/mol. The van der Waals surface area contributed by atoms with E-state index in [1.54, 1.807) is 123 Å². The second-order valence-electron chi connectivity index (χ2n) is 12.7. The Morgan fingerprint density at radius 2 is 1.39 bits per heavy atom. The van der Waals surface area contributed by atoms with Gasteiger partial charge in [0, 0.05) is 21.8 Å². The SMILES string of the molecule is CCOC(=O)c1c(NC(=O)C(Sc2cccc(NC(=O)/C(=C\c3cccc(Cl)c3Cl)NC(=O)c3ccccc3)c2)c2ccccc2)sc(C(=O)Nc2ccccc2)c1C. The smallest absolute Gasteiger partial charge is 0.341 e. The summed E-state index contributed by atoms with van der Waals surface area (Å²) in [6.45, 7) is 3.40. The minimum atomic E-state index is -0.855. The number of thiophene rings is 1. The summed E-state index contributed by atoms with van der Waals surface area (Å²) in [4.78, 5) is 68.9. The van der Waals surface area contributed by atoms with Gasteiger partial charge in [0.25, 0.3) is 17.7 Å². The number of halogens is 2. The maximum atomic E-state index is 14.3. The molecule has 5 aromatic carbocycles. The fraction of sp³-hybridized carbons (Fsp3) is 0.0889. The zero-order valence-electron chi connectivity index (χ0n) is 31.6. The van der Waals surface area contributed by atoms with E-state index in [4.69, 9.17) is 27.9 Å².